The first kappa shape index (κ1) is 16.5. The van der Waals surface area contributed by atoms with Crippen molar-refractivity contribution in [2.75, 3.05) is 13.1 Å². The summed E-state index contributed by atoms with van der Waals surface area (Å²) in [5, 5.41) is 0.351. The fourth-order valence-corrected chi connectivity index (χ4v) is 3.83. The number of aryl methyl sites for hydroxylation is 1. The molecule has 1 atom stereocenters. The molecule has 1 unspecified atom stereocenters. The van der Waals surface area contributed by atoms with Crippen molar-refractivity contribution in [3.05, 3.63) is 40.7 Å². The molecule has 3 nitrogen and oxygen atoms in total. The van der Waals surface area contributed by atoms with Crippen molar-refractivity contribution in [2.45, 2.75) is 52.0 Å². The van der Waals surface area contributed by atoms with Crippen LogP contribution >= 0.6 is 11.6 Å². The Kier molecular flexibility index (Phi) is 5.39. The van der Waals surface area contributed by atoms with E-state index in [1.54, 1.807) is 6.20 Å². The molecule has 0 bridgehead atoms. The van der Waals surface area contributed by atoms with Gasteiger partial charge in [0.2, 0.25) is 11.1 Å². The average molecular weight is 333 g/mol. The van der Waals surface area contributed by atoms with Gasteiger partial charge in [-0.2, -0.15) is 0 Å². The number of nitrogens with zero attached hydrogens (tertiary/aromatic N) is 2. The minimum absolute atomic E-state index is 0.351. The Bertz CT molecular complexity index is 647. The molecule has 0 radical (unpaired) electrons. The molecule has 3 rings (SSSR count). The molecule has 1 aromatic carbocycles. The van der Waals surface area contributed by atoms with Crippen LogP contribution in [0.2, 0.25) is 5.22 Å². The Labute approximate surface area is 143 Å². The first-order valence-corrected chi connectivity index (χ1v) is 9.07. The predicted molar refractivity (Wildman–Crippen MR) is 94.9 cm³/mol. The molecule has 0 N–H and O–H groups in total. The van der Waals surface area contributed by atoms with E-state index in [1.165, 1.54) is 43.5 Å². The van der Waals surface area contributed by atoms with Crippen molar-refractivity contribution >= 4 is 11.6 Å². The van der Waals surface area contributed by atoms with Crippen molar-refractivity contribution in [1.82, 2.24) is 9.88 Å². The highest BCUT2D eigenvalue weighted by molar-refractivity contribution is 6.28. The summed E-state index contributed by atoms with van der Waals surface area (Å²) in [6, 6.07) is 7.06. The van der Waals surface area contributed by atoms with Gasteiger partial charge in [0.1, 0.15) is 0 Å². The van der Waals surface area contributed by atoms with Gasteiger partial charge in [-0.1, -0.05) is 26.0 Å². The van der Waals surface area contributed by atoms with E-state index >= 15 is 0 Å². The van der Waals surface area contributed by atoms with Crippen molar-refractivity contribution in [3.63, 3.8) is 0 Å². The topological polar surface area (TPSA) is 29.3 Å². The van der Waals surface area contributed by atoms with E-state index in [1.807, 2.05) is 0 Å². The second-order valence-electron chi connectivity index (χ2n) is 6.35. The van der Waals surface area contributed by atoms with E-state index in [0.717, 1.165) is 18.4 Å². The van der Waals surface area contributed by atoms with Crippen LogP contribution < -0.4 is 0 Å². The molecule has 0 aliphatic heterocycles. The smallest absolute Gasteiger partial charge is 0.228 e. The highest BCUT2D eigenvalue weighted by atomic mass is 35.5. The second-order valence-corrected chi connectivity index (χ2v) is 6.72. The summed E-state index contributed by atoms with van der Waals surface area (Å²) in [7, 11) is 0. The third-order valence-corrected chi connectivity index (χ3v) is 4.88. The summed E-state index contributed by atoms with van der Waals surface area (Å²) < 4.78 is 5.57. The van der Waals surface area contributed by atoms with Gasteiger partial charge in [-0.15, -0.1) is 0 Å². The standard InChI is InChI=1S/C19H25ClN2O/c1-3-10-22(11-4-2)15-9-8-14-6-5-7-16(17(14)12-15)19-21-13-18(20)23-19/h5-7,13,15H,3-4,8-12H2,1-2H3. The van der Waals surface area contributed by atoms with Gasteiger partial charge in [0.15, 0.2) is 0 Å². The van der Waals surface area contributed by atoms with Gasteiger partial charge in [-0.3, -0.25) is 0 Å². The van der Waals surface area contributed by atoms with E-state index in [2.05, 4.69) is 41.9 Å². The number of oxazole rings is 1. The number of benzene rings is 1. The number of halogens is 1. The fraction of sp³-hybridized carbons (Fsp3) is 0.526. The maximum Gasteiger partial charge on any atom is 0.228 e. The Morgan fingerprint density at radius 2 is 2.04 bits per heavy atom. The Morgan fingerprint density at radius 3 is 2.70 bits per heavy atom. The molecule has 23 heavy (non-hydrogen) atoms. The van der Waals surface area contributed by atoms with Gasteiger partial charge < -0.3 is 9.32 Å². The van der Waals surface area contributed by atoms with Crippen molar-refractivity contribution in [1.29, 1.82) is 0 Å². The quantitative estimate of drug-likeness (QED) is 0.747. The summed E-state index contributed by atoms with van der Waals surface area (Å²) in [5.41, 5.74) is 3.92. The number of rotatable bonds is 6. The van der Waals surface area contributed by atoms with Gasteiger partial charge in [-0.25, -0.2) is 4.98 Å². The molecular formula is C19H25ClN2O. The lowest BCUT2D eigenvalue weighted by molar-refractivity contribution is 0.180. The van der Waals surface area contributed by atoms with Crippen molar-refractivity contribution < 1.29 is 4.42 Å². The number of hydrogen-bond donors (Lipinski definition) is 0. The summed E-state index contributed by atoms with van der Waals surface area (Å²) in [4.78, 5) is 6.98. The molecule has 0 saturated heterocycles. The maximum absolute atomic E-state index is 5.92. The molecule has 1 heterocycles. The summed E-state index contributed by atoms with van der Waals surface area (Å²) in [5.74, 6) is 0.644. The number of hydrogen-bond acceptors (Lipinski definition) is 3. The number of fused-ring (bicyclic) bond motifs is 1. The predicted octanol–water partition coefficient (Wildman–Crippen LogP) is 4.97. The zero-order chi connectivity index (χ0) is 16.2. The molecule has 0 spiro atoms. The zero-order valence-corrected chi connectivity index (χ0v) is 14.8. The van der Waals surface area contributed by atoms with Gasteiger partial charge >= 0.3 is 0 Å². The second kappa shape index (κ2) is 7.50. The lowest BCUT2D eigenvalue weighted by Gasteiger charge is -2.35. The first-order chi connectivity index (χ1) is 11.2. The van der Waals surface area contributed by atoms with Gasteiger partial charge in [-0.05, 0) is 74.0 Å². The molecule has 1 aliphatic carbocycles. The van der Waals surface area contributed by atoms with Crippen molar-refractivity contribution in [3.8, 4) is 11.5 Å². The molecule has 2 aromatic rings. The van der Waals surface area contributed by atoms with Crippen LogP contribution in [0.5, 0.6) is 0 Å². The molecule has 0 amide bonds. The van der Waals surface area contributed by atoms with Crippen molar-refractivity contribution in [2.24, 2.45) is 0 Å². The minimum Gasteiger partial charge on any atom is -0.425 e. The third kappa shape index (κ3) is 3.61. The molecule has 1 aromatic heterocycles. The molecular weight excluding hydrogens is 308 g/mol. The van der Waals surface area contributed by atoms with Crippen LogP contribution in [0.25, 0.3) is 11.5 Å². The summed E-state index contributed by atoms with van der Waals surface area (Å²) in [6.07, 6.45) is 7.44. The van der Waals surface area contributed by atoms with Crippen LogP contribution in [0, 0.1) is 0 Å². The Hall–Kier alpha value is -1.32. The average Bonchev–Trinajstić information content (AvgIpc) is 3.00. The molecule has 4 heteroatoms. The zero-order valence-electron chi connectivity index (χ0n) is 14.0. The summed E-state index contributed by atoms with van der Waals surface area (Å²) in [6.45, 7) is 6.89. The SMILES string of the molecule is CCCN(CCC)C1CCc2cccc(-c3ncc(Cl)o3)c2C1. The summed E-state index contributed by atoms with van der Waals surface area (Å²) >= 11 is 5.92. The molecule has 1 aliphatic rings. The monoisotopic (exact) mass is 332 g/mol. The Balaban J connectivity index is 1.89. The van der Waals surface area contributed by atoms with E-state index in [4.69, 9.17) is 16.0 Å². The van der Waals surface area contributed by atoms with Crippen LogP contribution in [0.1, 0.15) is 44.2 Å². The molecule has 0 fully saturated rings. The van der Waals surface area contributed by atoms with E-state index in [0.29, 0.717) is 17.2 Å². The maximum atomic E-state index is 5.92. The lowest BCUT2D eigenvalue weighted by atomic mass is 9.84. The Morgan fingerprint density at radius 1 is 1.26 bits per heavy atom. The van der Waals surface area contributed by atoms with Gasteiger partial charge in [0, 0.05) is 11.6 Å². The molecule has 124 valence electrons. The highest BCUT2D eigenvalue weighted by Crippen LogP contribution is 2.33. The van der Waals surface area contributed by atoms with Crippen LogP contribution in [0.15, 0.2) is 28.8 Å². The largest absolute Gasteiger partial charge is 0.425 e. The van der Waals surface area contributed by atoms with Gasteiger partial charge in [0.25, 0.3) is 0 Å². The van der Waals surface area contributed by atoms with Crippen LogP contribution in [0.4, 0.5) is 0 Å². The lowest BCUT2D eigenvalue weighted by Crippen LogP contribution is -2.40. The minimum atomic E-state index is 0.351. The van der Waals surface area contributed by atoms with E-state index in [9.17, 15) is 0 Å². The highest BCUT2D eigenvalue weighted by Gasteiger charge is 2.26. The fourth-order valence-electron chi connectivity index (χ4n) is 3.71. The van der Waals surface area contributed by atoms with E-state index < -0.39 is 0 Å². The first-order valence-electron chi connectivity index (χ1n) is 8.69. The van der Waals surface area contributed by atoms with Crippen LogP contribution in [0.3, 0.4) is 0 Å². The van der Waals surface area contributed by atoms with Crippen LogP contribution in [-0.4, -0.2) is 29.0 Å². The van der Waals surface area contributed by atoms with E-state index in [-0.39, 0.29) is 0 Å². The van der Waals surface area contributed by atoms with Crippen LogP contribution in [-0.2, 0) is 12.8 Å². The van der Waals surface area contributed by atoms with Gasteiger partial charge in [0.05, 0.1) is 6.20 Å². The normalized spacial score (nSPS) is 17.5. The third-order valence-electron chi connectivity index (χ3n) is 4.71. The molecule has 0 saturated carbocycles. The number of aromatic nitrogens is 1.